The fourth-order valence-electron chi connectivity index (χ4n) is 3.47. The zero-order chi connectivity index (χ0) is 19.0. The molecule has 4 rings (SSSR count). The molecule has 2 aromatic heterocycles. The van der Waals surface area contributed by atoms with Crippen LogP contribution in [0.2, 0.25) is 0 Å². The number of anilines is 2. The summed E-state index contributed by atoms with van der Waals surface area (Å²) in [6.45, 7) is 6.02. The SMILES string of the molecule is Cc1sc2ncn(CC(=O)Nc3ccc(N4CCCC4)cc3)c(=O)c2c1C. The minimum atomic E-state index is -0.239. The third-order valence-corrected chi connectivity index (χ3v) is 6.21. The van der Waals surface area contributed by atoms with Crippen LogP contribution in [0, 0.1) is 13.8 Å². The molecule has 27 heavy (non-hydrogen) atoms. The molecule has 1 fully saturated rings. The zero-order valence-electron chi connectivity index (χ0n) is 15.5. The number of benzene rings is 1. The summed E-state index contributed by atoms with van der Waals surface area (Å²) in [6, 6.07) is 7.86. The van der Waals surface area contributed by atoms with Crippen LogP contribution in [0.15, 0.2) is 35.4 Å². The van der Waals surface area contributed by atoms with E-state index in [1.165, 1.54) is 40.8 Å². The van der Waals surface area contributed by atoms with Crippen molar-refractivity contribution < 1.29 is 4.79 Å². The Labute approximate surface area is 161 Å². The van der Waals surface area contributed by atoms with Gasteiger partial charge < -0.3 is 10.2 Å². The number of rotatable bonds is 4. The molecule has 1 aliphatic rings. The maximum absolute atomic E-state index is 12.7. The molecule has 0 bridgehead atoms. The van der Waals surface area contributed by atoms with Crippen molar-refractivity contribution in [1.29, 1.82) is 0 Å². The molecular formula is C20H22N4O2S. The lowest BCUT2D eigenvalue weighted by Crippen LogP contribution is -2.27. The average molecular weight is 382 g/mol. The van der Waals surface area contributed by atoms with Crippen LogP contribution in [-0.2, 0) is 11.3 Å². The third-order valence-electron chi connectivity index (χ3n) is 5.09. The number of nitrogens with zero attached hydrogens (tertiary/aromatic N) is 3. The van der Waals surface area contributed by atoms with E-state index in [-0.39, 0.29) is 18.0 Å². The van der Waals surface area contributed by atoms with Gasteiger partial charge in [-0.15, -0.1) is 11.3 Å². The smallest absolute Gasteiger partial charge is 0.262 e. The predicted molar refractivity (Wildman–Crippen MR) is 110 cm³/mol. The van der Waals surface area contributed by atoms with E-state index in [0.29, 0.717) is 5.39 Å². The number of hydrogen-bond acceptors (Lipinski definition) is 5. The van der Waals surface area contributed by atoms with Gasteiger partial charge in [0.1, 0.15) is 11.4 Å². The minimum Gasteiger partial charge on any atom is -0.372 e. The Morgan fingerprint density at radius 1 is 1.19 bits per heavy atom. The second kappa shape index (κ2) is 7.15. The van der Waals surface area contributed by atoms with Crippen LogP contribution in [0.5, 0.6) is 0 Å². The van der Waals surface area contributed by atoms with Crippen molar-refractivity contribution in [3.8, 4) is 0 Å². The van der Waals surface area contributed by atoms with Crippen molar-refractivity contribution in [3.63, 3.8) is 0 Å². The van der Waals surface area contributed by atoms with Gasteiger partial charge in [-0.2, -0.15) is 0 Å². The summed E-state index contributed by atoms with van der Waals surface area (Å²) in [6.07, 6.45) is 3.92. The van der Waals surface area contributed by atoms with E-state index < -0.39 is 0 Å². The number of hydrogen-bond donors (Lipinski definition) is 1. The summed E-state index contributed by atoms with van der Waals surface area (Å²) in [5.41, 5.74) is 2.69. The molecule has 0 atom stereocenters. The number of fused-ring (bicyclic) bond motifs is 1. The van der Waals surface area contributed by atoms with Crippen molar-refractivity contribution in [2.24, 2.45) is 0 Å². The predicted octanol–water partition coefficient (Wildman–Crippen LogP) is 3.31. The van der Waals surface area contributed by atoms with Crippen molar-refractivity contribution in [1.82, 2.24) is 9.55 Å². The van der Waals surface area contributed by atoms with Crippen molar-refractivity contribution >= 4 is 38.8 Å². The number of aromatic nitrogens is 2. The largest absolute Gasteiger partial charge is 0.372 e. The number of nitrogens with one attached hydrogen (secondary N) is 1. The highest BCUT2D eigenvalue weighted by atomic mass is 32.1. The second-order valence-corrected chi connectivity index (χ2v) is 8.13. The Hall–Kier alpha value is -2.67. The number of thiophene rings is 1. The molecule has 1 amide bonds. The highest BCUT2D eigenvalue weighted by molar-refractivity contribution is 7.18. The van der Waals surface area contributed by atoms with Gasteiger partial charge in [0.05, 0.1) is 11.7 Å². The summed E-state index contributed by atoms with van der Waals surface area (Å²) in [5.74, 6) is -0.239. The molecule has 6 nitrogen and oxygen atoms in total. The molecule has 0 unspecified atom stereocenters. The Bertz CT molecular complexity index is 1050. The number of amides is 1. The van der Waals surface area contributed by atoms with Crippen LogP contribution in [0.25, 0.3) is 10.2 Å². The summed E-state index contributed by atoms with van der Waals surface area (Å²) >= 11 is 1.51. The van der Waals surface area contributed by atoms with Gasteiger partial charge in [0.25, 0.3) is 5.56 Å². The third kappa shape index (κ3) is 3.47. The molecule has 140 valence electrons. The summed E-state index contributed by atoms with van der Waals surface area (Å²) in [5, 5.41) is 3.47. The first kappa shape index (κ1) is 17.7. The Morgan fingerprint density at radius 2 is 1.89 bits per heavy atom. The quantitative estimate of drug-likeness (QED) is 0.752. The molecule has 1 aromatic carbocycles. The molecular weight excluding hydrogens is 360 g/mol. The highest BCUT2D eigenvalue weighted by Gasteiger charge is 2.15. The van der Waals surface area contributed by atoms with Crippen LogP contribution in [0.4, 0.5) is 11.4 Å². The zero-order valence-corrected chi connectivity index (χ0v) is 16.3. The second-order valence-electron chi connectivity index (χ2n) is 6.93. The van der Waals surface area contributed by atoms with Crippen molar-refractivity contribution in [2.45, 2.75) is 33.2 Å². The van der Waals surface area contributed by atoms with Crippen LogP contribution in [-0.4, -0.2) is 28.5 Å². The standard InChI is InChI=1S/C20H22N4O2S/c1-13-14(2)27-19-18(13)20(26)24(12-21-19)11-17(25)22-15-5-7-16(8-6-15)23-9-3-4-10-23/h5-8,12H,3-4,9-11H2,1-2H3,(H,22,25). The van der Waals surface area contributed by atoms with Gasteiger partial charge in [-0.05, 0) is 56.5 Å². The Balaban J connectivity index is 1.48. The number of carbonyl (C=O) groups excluding carboxylic acids is 1. The monoisotopic (exact) mass is 382 g/mol. The lowest BCUT2D eigenvalue weighted by atomic mass is 10.2. The summed E-state index contributed by atoms with van der Waals surface area (Å²) in [7, 11) is 0. The lowest BCUT2D eigenvalue weighted by Gasteiger charge is -2.17. The van der Waals surface area contributed by atoms with Gasteiger partial charge in [0.15, 0.2) is 0 Å². The van der Waals surface area contributed by atoms with E-state index >= 15 is 0 Å². The molecule has 0 saturated carbocycles. The van der Waals surface area contributed by atoms with E-state index in [4.69, 9.17) is 0 Å². The first-order valence-electron chi connectivity index (χ1n) is 9.13. The maximum Gasteiger partial charge on any atom is 0.262 e. The molecule has 3 heterocycles. The molecule has 0 aliphatic carbocycles. The van der Waals surface area contributed by atoms with E-state index in [1.54, 1.807) is 0 Å². The van der Waals surface area contributed by atoms with E-state index in [9.17, 15) is 9.59 Å². The van der Waals surface area contributed by atoms with Gasteiger partial charge >= 0.3 is 0 Å². The Kier molecular flexibility index (Phi) is 4.70. The van der Waals surface area contributed by atoms with Crippen LogP contribution >= 0.6 is 11.3 Å². The summed E-state index contributed by atoms with van der Waals surface area (Å²) in [4.78, 5) is 33.6. The Morgan fingerprint density at radius 3 is 2.59 bits per heavy atom. The maximum atomic E-state index is 12.7. The molecule has 0 spiro atoms. The first-order chi connectivity index (χ1) is 13.0. The molecule has 0 radical (unpaired) electrons. The molecule has 1 N–H and O–H groups in total. The van der Waals surface area contributed by atoms with E-state index in [1.807, 2.05) is 38.1 Å². The van der Waals surface area contributed by atoms with E-state index in [2.05, 4.69) is 15.2 Å². The van der Waals surface area contributed by atoms with Gasteiger partial charge in [-0.1, -0.05) is 0 Å². The molecule has 1 saturated heterocycles. The van der Waals surface area contributed by atoms with Gasteiger partial charge in [-0.3, -0.25) is 14.2 Å². The van der Waals surface area contributed by atoms with Crippen molar-refractivity contribution in [3.05, 3.63) is 51.4 Å². The van der Waals surface area contributed by atoms with Gasteiger partial charge in [0.2, 0.25) is 5.91 Å². The first-order valence-corrected chi connectivity index (χ1v) is 9.94. The number of aryl methyl sites for hydroxylation is 2. The van der Waals surface area contributed by atoms with Crippen LogP contribution in [0.1, 0.15) is 23.3 Å². The minimum absolute atomic E-state index is 0.0516. The fourth-order valence-corrected chi connectivity index (χ4v) is 4.46. The van der Waals surface area contributed by atoms with E-state index in [0.717, 1.165) is 34.0 Å². The molecule has 1 aliphatic heterocycles. The number of carbonyl (C=O) groups is 1. The molecule has 7 heteroatoms. The molecule has 3 aromatic rings. The fraction of sp³-hybridized carbons (Fsp3) is 0.350. The van der Waals surface area contributed by atoms with Gasteiger partial charge in [0, 0.05) is 29.3 Å². The average Bonchev–Trinajstić information content (AvgIpc) is 3.28. The lowest BCUT2D eigenvalue weighted by molar-refractivity contribution is -0.116. The van der Waals surface area contributed by atoms with Crippen LogP contribution < -0.4 is 15.8 Å². The van der Waals surface area contributed by atoms with Crippen LogP contribution in [0.3, 0.4) is 0 Å². The normalized spacial score (nSPS) is 14.1. The van der Waals surface area contributed by atoms with Gasteiger partial charge in [-0.25, -0.2) is 4.98 Å². The summed E-state index contributed by atoms with van der Waals surface area (Å²) < 4.78 is 1.37. The van der Waals surface area contributed by atoms with Crippen molar-refractivity contribution in [2.75, 3.05) is 23.3 Å². The topological polar surface area (TPSA) is 67.2 Å². The highest BCUT2D eigenvalue weighted by Crippen LogP contribution is 2.25.